The van der Waals surface area contributed by atoms with E-state index in [4.69, 9.17) is 4.74 Å². The SMILES string of the molecule is C/C=C(\C)C(=O)OC1C(C)=CC23C(=O)C(C=C(CO)C(O)C12O)C1C(CC3C)C1(C)C. The summed E-state index contributed by atoms with van der Waals surface area (Å²) in [6.45, 7) is 10.8. The molecule has 3 N–H and O–H groups in total. The van der Waals surface area contributed by atoms with Crippen LogP contribution in [0.15, 0.2) is 34.9 Å². The van der Waals surface area contributed by atoms with E-state index in [-0.39, 0.29) is 28.6 Å². The summed E-state index contributed by atoms with van der Waals surface area (Å²) in [5.41, 5.74) is -2.36. The molecule has 31 heavy (non-hydrogen) atoms. The molecule has 2 saturated carbocycles. The van der Waals surface area contributed by atoms with Gasteiger partial charge in [0.1, 0.15) is 6.10 Å². The molecule has 0 amide bonds. The predicted octanol–water partition coefficient (Wildman–Crippen LogP) is 2.33. The predicted molar refractivity (Wildman–Crippen MR) is 115 cm³/mol. The topological polar surface area (TPSA) is 104 Å². The van der Waals surface area contributed by atoms with Crippen molar-refractivity contribution in [2.24, 2.45) is 34.5 Å². The quantitative estimate of drug-likeness (QED) is 0.361. The number of carbonyl (C=O) groups excluding carboxylic acids is 2. The van der Waals surface area contributed by atoms with Gasteiger partial charge in [-0.3, -0.25) is 4.79 Å². The molecule has 2 bridgehead atoms. The molecule has 8 atom stereocenters. The number of Topliss-reactive ketones (excluding diaryl/α,β-unsaturated/α-hetero) is 1. The van der Waals surface area contributed by atoms with Crippen LogP contribution in [0.5, 0.6) is 0 Å². The van der Waals surface area contributed by atoms with Gasteiger partial charge >= 0.3 is 5.97 Å². The molecule has 6 heteroatoms. The Kier molecular flexibility index (Phi) is 4.97. The fraction of sp³-hybridized carbons (Fsp3) is 0.680. The minimum Gasteiger partial charge on any atom is -0.451 e. The molecule has 0 radical (unpaired) electrons. The zero-order valence-corrected chi connectivity index (χ0v) is 19.2. The van der Waals surface area contributed by atoms with Crippen molar-refractivity contribution in [3.05, 3.63) is 34.9 Å². The minimum atomic E-state index is -2.08. The maximum Gasteiger partial charge on any atom is 0.334 e. The molecular formula is C25H34O6. The summed E-state index contributed by atoms with van der Waals surface area (Å²) in [6, 6.07) is 0. The van der Waals surface area contributed by atoms with Gasteiger partial charge < -0.3 is 20.1 Å². The first-order valence-electron chi connectivity index (χ1n) is 11.2. The Balaban J connectivity index is 1.91. The van der Waals surface area contributed by atoms with Gasteiger partial charge in [-0.05, 0) is 61.5 Å². The number of ketones is 1. The lowest BCUT2D eigenvalue weighted by atomic mass is 9.59. The van der Waals surface area contributed by atoms with Crippen molar-refractivity contribution in [3.63, 3.8) is 0 Å². The summed E-state index contributed by atoms with van der Waals surface area (Å²) in [5.74, 6) is -1.13. The Hall–Kier alpha value is -1.76. The molecule has 0 aromatic rings. The number of carbonyl (C=O) groups is 2. The second kappa shape index (κ2) is 6.87. The standard InChI is InChI=1S/C25H34O6/c1-7-12(2)22(29)31-21-13(3)10-24-14(4)8-17-18(23(17,5)6)16(20(24)28)9-15(11-26)19(27)25(21,24)30/h7,9-10,14,16-19,21,26-27,30H,8,11H2,1-6H3/b12-7+. The first kappa shape index (κ1) is 22.4. The van der Waals surface area contributed by atoms with Gasteiger partial charge in [-0.2, -0.15) is 0 Å². The largest absolute Gasteiger partial charge is 0.451 e. The number of hydrogen-bond donors (Lipinski definition) is 3. The molecule has 8 unspecified atom stereocenters. The van der Waals surface area contributed by atoms with Crippen LogP contribution < -0.4 is 0 Å². The Morgan fingerprint density at radius 2 is 2.00 bits per heavy atom. The number of rotatable bonds is 3. The summed E-state index contributed by atoms with van der Waals surface area (Å²) in [4.78, 5) is 26.8. The molecule has 1 spiro atoms. The van der Waals surface area contributed by atoms with Crippen molar-refractivity contribution in [2.75, 3.05) is 6.61 Å². The third-order valence-electron chi connectivity index (χ3n) is 8.88. The van der Waals surface area contributed by atoms with E-state index in [2.05, 4.69) is 13.8 Å². The van der Waals surface area contributed by atoms with Gasteiger partial charge in [-0.1, -0.05) is 39.0 Å². The van der Waals surface area contributed by atoms with Crippen molar-refractivity contribution >= 4 is 11.8 Å². The highest BCUT2D eigenvalue weighted by molar-refractivity contribution is 5.96. The zero-order chi connectivity index (χ0) is 23.1. The third kappa shape index (κ3) is 2.61. The highest BCUT2D eigenvalue weighted by Gasteiger charge is 2.76. The van der Waals surface area contributed by atoms with E-state index < -0.39 is 41.7 Å². The van der Waals surface area contributed by atoms with Crippen LogP contribution in [0, 0.1) is 34.5 Å². The van der Waals surface area contributed by atoms with Gasteiger partial charge in [-0.25, -0.2) is 4.79 Å². The number of allylic oxidation sites excluding steroid dienone is 2. The second-order valence-corrected chi connectivity index (χ2v) is 10.6. The first-order valence-corrected chi connectivity index (χ1v) is 11.2. The Morgan fingerprint density at radius 3 is 2.58 bits per heavy atom. The fourth-order valence-electron chi connectivity index (χ4n) is 6.91. The lowest BCUT2D eigenvalue weighted by Crippen LogP contribution is -2.65. The zero-order valence-electron chi connectivity index (χ0n) is 19.2. The summed E-state index contributed by atoms with van der Waals surface area (Å²) in [5, 5.41) is 33.7. The van der Waals surface area contributed by atoms with Gasteiger partial charge in [0, 0.05) is 11.5 Å². The summed E-state index contributed by atoms with van der Waals surface area (Å²) < 4.78 is 5.72. The first-order chi connectivity index (χ1) is 14.4. The molecule has 0 aromatic heterocycles. The van der Waals surface area contributed by atoms with Crippen molar-refractivity contribution < 1.29 is 29.6 Å². The van der Waals surface area contributed by atoms with Crippen LogP contribution >= 0.6 is 0 Å². The molecule has 4 aliphatic carbocycles. The van der Waals surface area contributed by atoms with Crippen LogP contribution in [-0.2, 0) is 14.3 Å². The molecule has 0 heterocycles. The van der Waals surface area contributed by atoms with Crippen molar-refractivity contribution in [1.82, 2.24) is 0 Å². The molecule has 0 saturated heterocycles. The van der Waals surface area contributed by atoms with Crippen molar-refractivity contribution in [2.45, 2.75) is 65.8 Å². The lowest BCUT2D eigenvalue weighted by molar-refractivity contribution is -0.201. The average molecular weight is 431 g/mol. The molecule has 0 aromatic carbocycles. The van der Waals surface area contributed by atoms with E-state index in [0.29, 0.717) is 17.1 Å². The molecule has 4 rings (SSSR count). The van der Waals surface area contributed by atoms with Crippen LogP contribution in [0.3, 0.4) is 0 Å². The molecule has 2 fully saturated rings. The van der Waals surface area contributed by atoms with Crippen LogP contribution in [0.2, 0.25) is 0 Å². The number of esters is 1. The Morgan fingerprint density at radius 1 is 1.35 bits per heavy atom. The Labute approximate surface area is 183 Å². The molecule has 170 valence electrons. The van der Waals surface area contributed by atoms with Crippen LogP contribution in [-0.4, -0.2) is 51.5 Å². The fourth-order valence-corrected chi connectivity index (χ4v) is 6.91. The van der Waals surface area contributed by atoms with E-state index in [9.17, 15) is 24.9 Å². The second-order valence-electron chi connectivity index (χ2n) is 10.6. The Bertz CT molecular complexity index is 926. The van der Waals surface area contributed by atoms with E-state index >= 15 is 0 Å². The molecular weight excluding hydrogens is 396 g/mol. The molecule has 0 aliphatic heterocycles. The smallest absolute Gasteiger partial charge is 0.334 e. The van der Waals surface area contributed by atoms with E-state index in [0.717, 1.165) is 6.42 Å². The lowest BCUT2D eigenvalue weighted by Gasteiger charge is -2.48. The van der Waals surface area contributed by atoms with Gasteiger partial charge in [0.05, 0.1) is 12.0 Å². The maximum atomic E-state index is 14.2. The maximum absolute atomic E-state index is 14.2. The minimum absolute atomic E-state index is 0.0209. The van der Waals surface area contributed by atoms with Crippen LogP contribution in [0.25, 0.3) is 0 Å². The summed E-state index contributed by atoms with van der Waals surface area (Å²) in [7, 11) is 0. The van der Waals surface area contributed by atoms with Crippen LogP contribution in [0.1, 0.15) is 48.0 Å². The van der Waals surface area contributed by atoms with E-state index in [1.54, 1.807) is 39.0 Å². The highest BCUT2D eigenvalue weighted by Crippen LogP contribution is 2.71. The molecule has 6 nitrogen and oxygen atoms in total. The van der Waals surface area contributed by atoms with E-state index in [1.165, 1.54) is 0 Å². The monoisotopic (exact) mass is 430 g/mol. The van der Waals surface area contributed by atoms with Crippen molar-refractivity contribution in [1.29, 1.82) is 0 Å². The molecule has 4 aliphatic rings. The number of ether oxygens (including phenoxy) is 1. The highest BCUT2D eigenvalue weighted by atomic mass is 16.6. The average Bonchev–Trinajstić information content (AvgIpc) is 3.21. The summed E-state index contributed by atoms with van der Waals surface area (Å²) >= 11 is 0. The summed E-state index contributed by atoms with van der Waals surface area (Å²) in [6.07, 6.45) is 3.04. The van der Waals surface area contributed by atoms with Crippen LogP contribution in [0.4, 0.5) is 0 Å². The van der Waals surface area contributed by atoms with E-state index in [1.807, 2.05) is 6.92 Å². The number of fused-ring (bicyclic) bond motifs is 3. The van der Waals surface area contributed by atoms with Gasteiger partial charge in [0.25, 0.3) is 0 Å². The number of hydrogen-bond acceptors (Lipinski definition) is 6. The normalized spacial score (nSPS) is 45.6. The number of aliphatic hydroxyl groups is 3. The number of aliphatic hydroxyl groups excluding tert-OH is 2. The third-order valence-corrected chi connectivity index (χ3v) is 8.88. The van der Waals surface area contributed by atoms with Gasteiger partial charge in [0.15, 0.2) is 17.5 Å². The van der Waals surface area contributed by atoms with Crippen molar-refractivity contribution in [3.8, 4) is 0 Å². The van der Waals surface area contributed by atoms with Gasteiger partial charge in [-0.15, -0.1) is 0 Å². The van der Waals surface area contributed by atoms with Gasteiger partial charge in [0.2, 0.25) is 0 Å².